The third kappa shape index (κ3) is 4.48. The summed E-state index contributed by atoms with van der Waals surface area (Å²) in [4.78, 5) is 11.3. The minimum Gasteiger partial charge on any atom is -0.444 e. The van der Waals surface area contributed by atoms with Gasteiger partial charge in [0, 0.05) is 31.6 Å². The Morgan fingerprint density at radius 2 is 2.20 bits per heavy atom. The molecule has 0 spiro atoms. The molecule has 1 saturated heterocycles. The molecular formula is C10H21N3O2. The van der Waals surface area contributed by atoms with Crippen molar-refractivity contribution < 1.29 is 9.53 Å². The fourth-order valence-corrected chi connectivity index (χ4v) is 1.51. The average molecular weight is 215 g/mol. The first-order valence-electron chi connectivity index (χ1n) is 5.31. The topological polar surface area (TPSA) is 76.4 Å². The molecule has 0 radical (unpaired) electrons. The summed E-state index contributed by atoms with van der Waals surface area (Å²) in [7, 11) is 0. The molecule has 15 heavy (non-hydrogen) atoms. The summed E-state index contributed by atoms with van der Waals surface area (Å²) in [5.41, 5.74) is 5.39. The summed E-state index contributed by atoms with van der Waals surface area (Å²) >= 11 is 0. The van der Waals surface area contributed by atoms with Gasteiger partial charge < -0.3 is 21.1 Å². The van der Waals surface area contributed by atoms with Gasteiger partial charge in [-0.15, -0.1) is 0 Å². The summed E-state index contributed by atoms with van der Waals surface area (Å²) in [6.45, 7) is 7.78. The highest BCUT2D eigenvalue weighted by Gasteiger charge is 2.24. The van der Waals surface area contributed by atoms with E-state index in [0.29, 0.717) is 12.5 Å². The number of alkyl carbamates (subject to hydrolysis) is 1. The Bertz CT molecular complexity index is 225. The second kappa shape index (κ2) is 4.81. The molecule has 0 unspecified atom stereocenters. The molecule has 2 atom stereocenters. The van der Waals surface area contributed by atoms with E-state index in [2.05, 4.69) is 10.6 Å². The van der Waals surface area contributed by atoms with Crippen LogP contribution in [0.5, 0.6) is 0 Å². The van der Waals surface area contributed by atoms with Crippen LogP contribution in [0.2, 0.25) is 0 Å². The van der Waals surface area contributed by atoms with Crippen LogP contribution in [-0.2, 0) is 4.74 Å². The number of ether oxygens (including phenoxy) is 1. The van der Waals surface area contributed by atoms with E-state index in [4.69, 9.17) is 10.5 Å². The maximum Gasteiger partial charge on any atom is 0.407 e. The van der Waals surface area contributed by atoms with Crippen LogP contribution in [-0.4, -0.2) is 37.4 Å². The van der Waals surface area contributed by atoms with Crippen molar-refractivity contribution in [1.29, 1.82) is 0 Å². The molecule has 0 aromatic rings. The SMILES string of the molecule is CC(C)(C)OC(=O)NC[C@@H]1CNC[C@@H]1N. The minimum absolute atomic E-state index is 0.125. The summed E-state index contributed by atoms with van der Waals surface area (Å²) in [5, 5.41) is 5.91. The van der Waals surface area contributed by atoms with E-state index in [1.165, 1.54) is 0 Å². The monoisotopic (exact) mass is 215 g/mol. The van der Waals surface area contributed by atoms with Crippen molar-refractivity contribution in [2.45, 2.75) is 32.4 Å². The first kappa shape index (κ1) is 12.3. The quantitative estimate of drug-likeness (QED) is 0.608. The number of carbonyl (C=O) groups excluding carboxylic acids is 1. The first-order valence-corrected chi connectivity index (χ1v) is 5.31. The summed E-state index contributed by atoms with van der Waals surface area (Å²) in [5.74, 6) is 0.303. The van der Waals surface area contributed by atoms with Crippen molar-refractivity contribution in [1.82, 2.24) is 10.6 Å². The number of nitrogens with one attached hydrogen (secondary N) is 2. The second-order valence-corrected chi connectivity index (χ2v) is 4.96. The fourth-order valence-electron chi connectivity index (χ4n) is 1.51. The van der Waals surface area contributed by atoms with E-state index in [1.54, 1.807) is 0 Å². The van der Waals surface area contributed by atoms with Gasteiger partial charge in [0.25, 0.3) is 0 Å². The molecule has 1 amide bonds. The zero-order valence-electron chi connectivity index (χ0n) is 9.67. The Balaban J connectivity index is 2.22. The number of hydrogen-bond acceptors (Lipinski definition) is 4. The van der Waals surface area contributed by atoms with E-state index in [-0.39, 0.29) is 12.1 Å². The Morgan fingerprint density at radius 1 is 1.53 bits per heavy atom. The molecule has 1 fully saturated rings. The highest BCUT2D eigenvalue weighted by molar-refractivity contribution is 5.67. The fraction of sp³-hybridized carbons (Fsp3) is 0.900. The number of rotatable bonds is 2. The Kier molecular flexibility index (Phi) is 3.93. The second-order valence-electron chi connectivity index (χ2n) is 4.96. The zero-order valence-corrected chi connectivity index (χ0v) is 9.67. The summed E-state index contributed by atoms with van der Waals surface area (Å²) in [6.07, 6.45) is -0.374. The number of nitrogens with two attached hydrogens (primary N) is 1. The van der Waals surface area contributed by atoms with Gasteiger partial charge in [-0.2, -0.15) is 0 Å². The molecule has 0 aromatic carbocycles. The average Bonchev–Trinajstić information content (AvgIpc) is 2.44. The predicted octanol–water partition coefficient (Wildman–Crippen LogP) is 0.0578. The van der Waals surface area contributed by atoms with Crippen LogP contribution in [0.3, 0.4) is 0 Å². The lowest BCUT2D eigenvalue weighted by Gasteiger charge is -2.21. The van der Waals surface area contributed by atoms with Crippen LogP contribution in [0.15, 0.2) is 0 Å². The van der Waals surface area contributed by atoms with Gasteiger partial charge in [0.05, 0.1) is 0 Å². The normalized spacial score (nSPS) is 26.4. The molecule has 5 heteroatoms. The maximum atomic E-state index is 11.3. The third-order valence-corrected chi connectivity index (χ3v) is 2.30. The van der Waals surface area contributed by atoms with Gasteiger partial charge in [0.2, 0.25) is 0 Å². The lowest BCUT2D eigenvalue weighted by molar-refractivity contribution is 0.0520. The summed E-state index contributed by atoms with van der Waals surface area (Å²) in [6, 6.07) is 0.125. The highest BCUT2D eigenvalue weighted by Crippen LogP contribution is 2.08. The van der Waals surface area contributed by atoms with Crippen molar-refractivity contribution in [2.75, 3.05) is 19.6 Å². The van der Waals surface area contributed by atoms with Crippen LogP contribution in [0.1, 0.15) is 20.8 Å². The first-order chi connectivity index (χ1) is 6.88. The Morgan fingerprint density at radius 3 is 2.67 bits per heavy atom. The predicted molar refractivity (Wildman–Crippen MR) is 58.6 cm³/mol. The summed E-state index contributed by atoms with van der Waals surface area (Å²) < 4.78 is 5.12. The molecule has 1 aliphatic heterocycles. The van der Waals surface area contributed by atoms with Crippen LogP contribution in [0, 0.1) is 5.92 Å². The highest BCUT2D eigenvalue weighted by atomic mass is 16.6. The molecule has 1 heterocycles. The number of carbonyl (C=O) groups is 1. The molecule has 1 aliphatic rings. The molecule has 0 aliphatic carbocycles. The third-order valence-electron chi connectivity index (χ3n) is 2.30. The van der Waals surface area contributed by atoms with E-state index in [1.807, 2.05) is 20.8 Å². The smallest absolute Gasteiger partial charge is 0.407 e. The van der Waals surface area contributed by atoms with Gasteiger partial charge >= 0.3 is 6.09 Å². The van der Waals surface area contributed by atoms with E-state index >= 15 is 0 Å². The number of amides is 1. The van der Waals surface area contributed by atoms with E-state index in [0.717, 1.165) is 13.1 Å². The van der Waals surface area contributed by atoms with Gasteiger partial charge in [0.1, 0.15) is 5.60 Å². The molecule has 0 aromatic heterocycles. The van der Waals surface area contributed by atoms with Crippen LogP contribution in [0.4, 0.5) is 4.79 Å². The number of hydrogen-bond donors (Lipinski definition) is 3. The van der Waals surface area contributed by atoms with Crippen molar-refractivity contribution in [3.05, 3.63) is 0 Å². The Hall–Kier alpha value is -0.810. The van der Waals surface area contributed by atoms with E-state index in [9.17, 15) is 4.79 Å². The molecule has 88 valence electrons. The minimum atomic E-state index is -0.444. The van der Waals surface area contributed by atoms with Crippen molar-refractivity contribution in [2.24, 2.45) is 11.7 Å². The standard InChI is InChI=1S/C10H21N3O2/c1-10(2,3)15-9(14)13-5-7-4-12-6-8(7)11/h7-8,12H,4-6,11H2,1-3H3,(H,13,14)/t7-,8-/m0/s1. The van der Waals surface area contributed by atoms with E-state index < -0.39 is 5.60 Å². The molecular weight excluding hydrogens is 194 g/mol. The van der Waals surface area contributed by atoms with Gasteiger partial charge in [-0.3, -0.25) is 0 Å². The van der Waals surface area contributed by atoms with Gasteiger partial charge in [-0.05, 0) is 20.8 Å². The lowest BCUT2D eigenvalue weighted by atomic mass is 10.1. The zero-order chi connectivity index (χ0) is 11.5. The maximum absolute atomic E-state index is 11.3. The van der Waals surface area contributed by atoms with Crippen molar-refractivity contribution in [3.63, 3.8) is 0 Å². The van der Waals surface area contributed by atoms with Crippen molar-refractivity contribution in [3.8, 4) is 0 Å². The van der Waals surface area contributed by atoms with Crippen LogP contribution < -0.4 is 16.4 Å². The van der Waals surface area contributed by atoms with Crippen LogP contribution >= 0.6 is 0 Å². The molecule has 0 bridgehead atoms. The van der Waals surface area contributed by atoms with Gasteiger partial charge in [0.15, 0.2) is 0 Å². The molecule has 0 saturated carbocycles. The van der Waals surface area contributed by atoms with Gasteiger partial charge in [-0.1, -0.05) is 0 Å². The van der Waals surface area contributed by atoms with Gasteiger partial charge in [-0.25, -0.2) is 4.79 Å². The molecule has 1 rings (SSSR count). The molecule has 5 nitrogen and oxygen atoms in total. The Labute approximate surface area is 90.7 Å². The lowest BCUT2D eigenvalue weighted by Crippen LogP contribution is -2.40. The van der Waals surface area contributed by atoms with Crippen LogP contribution in [0.25, 0.3) is 0 Å². The van der Waals surface area contributed by atoms with Crippen molar-refractivity contribution >= 4 is 6.09 Å². The molecule has 4 N–H and O–H groups in total. The largest absolute Gasteiger partial charge is 0.444 e.